The van der Waals surface area contributed by atoms with E-state index in [2.05, 4.69) is 10.3 Å². The molecule has 0 unspecified atom stereocenters. The van der Waals surface area contributed by atoms with Gasteiger partial charge in [0.05, 0.1) is 10.4 Å². The first-order valence-electron chi connectivity index (χ1n) is 8.92. The van der Waals surface area contributed by atoms with Crippen LogP contribution in [0.5, 0.6) is 5.75 Å². The molecule has 0 saturated carbocycles. The van der Waals surface area contributed by atoms with Crippen molar-refractivity contribution in [3.63, 3.8) is 0 Å². The van der Waals surface area contributed by atoms with E-state index in [1.807, 2.05) is 42.6 Å². The SMILES string of the molecule is Cc1cc(N)c2cc(NC(=O)c3sccc3COc3ccc(Cl)cc3)ccc2n1. The topological polar surface area (TPSA) is 77.2 Å². The van der Waals surface area contributed by atoms with Crippen LogP contribution in [0.3, 0.4) is 0 Å². The van der Waals surface area contributed by atoms with E-state index in [1.54, 1.807) is 24.3 Å². The molecule has 0 saturated heterocycles. The Morgan fingerprint density at radius 3 is 2.76 bits per heavy atom. The van der Waals surface area contributed by atoms with Crippen LogP contribution in [-0.4, -0.2) is 10.9 Å². The van der Waals surface area contributed by atoms with Gasteiger partial charge in [0.25, 0.3) is 5.91 Å². The van der Waals surface area contributed by atoms with Crippen molar-refractivity contribution in [2.24, 2.45) is 0 Å². The number of halogens is 1. The average Bonchev–Trinajstić information content (AvgIpc) is 3.17. The second kappa shape index (κ2) is 8.11. The molecule has 0 spiro atoms. The molecular weight excluding hydrogens is 406 g/mol. The number of nitrogens with zero attached hydrogens (tertiary/aromatic N) is 1. The van der Waals surface area contributed by atoms with Crippen LogP contribution in [0.2, 0.25) is 5.02 Å². The maximum absolute atomic E-state index is 12.8. The van der Waals surface area contributed by atoms with E-state index in [9.17, 15) is 4.79 Å². The number of ether oxygens (including phenoxy) is 1. The highest BCUT2D eigenvalue weighted by molar-refractivity contribution is 7.12. The van der Waals surface area contributed by atoms with E-state index in [0.29, 0.717) is 33.6 Å². The standard InChI is InChI=1S/C22H18ClN3O2S/c1-13-10-19(24)18-11-16(4-7-20(18)25-13)26-22(27)21-14(8-9-29-21)12-28-17-5-2-15(23)3-6-17/h2-11H,12H2,1H3,(H2,24,25)(H,26,27). The molecule has 146 valence electrons. The molecule has 1 amide bonds. The summed E-state index contributed by atoms with van der Waals surface area (Å²) in [6, 6.07) is 16.3. The van der Waals surface area contributed by atoms with Crippen molar-refractivity contribution in [1.82, 2.24) is 4.98 Å². The van der Waals surface area contributed by atoms with Gasteiger partial charge in [0.2, 0.25) is 0 Å². The number of nitrogens with two attached hydrogens (primary N) is 1. The highest BCUT2D eigenvalue weighted by Gasteiger charge is 2.15. The lowest BCUT2D eigenvalue weighted by Crippen LogP contribution is -2.13. The number of hydrogen-bond acceptors (Lipinski definition) is 5. The van der Waals surface area contributed by atoms with Crippen LogP contribution in [0, 0.1) is 6.92 Å². The third kappa shape index (κ3) is 4.34. The summed E-state index contributed by atoms with van der Waals surface area (Å²) in [4.78, 5) is 17.9. The molecule has 2 aromatic carbocycles. The highest BCUT2D eigenvalue weighted by Crippen LogP contribution is 2.26. The van der Waals surface area contributed by atoms with Crippen molar-refractivity contribution >= 4 is 51.1 Å². The predicted octanol–water partition coefficient (Wildman–Crippen LogP) is 5.67. The third-order valence-electron chi connectivity index (χ3n) is 4.39. The van der Waals surface area contributed by atoms with Gasteiger partial charge in [-0.05, 0) is 66.9 Å². The molecule has 0 radical (unpaired) electrons. The molecule has 0 aliphatic heterocycles. The summed E-state index contributed by atoms with van der Waals surface area (Å²) in [5.41, 5.74) is 9.88. The first kappa shape index (κ1) is 19.2. The monoisotopic (exact) mass is 423 g/mol. The zero-order valence-corrected chi connectivity index (χ0v) is 17.2. The molecule has 0 aliphatic carbocycles. The first-order valence-corrected chi connectivity index (χ1v) is 10.2. The number of nitrogen functional groups attached to an aromatic ring is 1. The number of carbonyl (C=O) groups excluding carboxylic acids is 1. The quantitative estimate of drug-likeness (QED) is 0.433. The molecule has 4 rings (SSSR count). The van der Waals surface area contributed by atoms with Gasteiger partial charge in [-0.25, -0.2) is 0 Å². The zero-order valence-electron chi connectivity index (χ0n) is 15.6. The average molecular weight is 424 g/mol. The van der Waals surface area contributed by atoms with E-state index in [1.165, 1.54) is 11.3 Å². The minimum atomic E-state index is -0.187. The second-order valence-corrected chi connectivity index (χ2v) is 7.91. The molecule has 2 aromatic heterocycles. The van der Waals surface area contributed by atoms with Gasteiger partial charge < -0.3 is 15.8 Å². The summed E-state index contributed by atoms with van der Waals surface area (Å²) in [6.07, 6.45) is 0. The highest BCUT2D eigenvalue weighted by atomic mass is 35.5. The van der Waals surface area contributed by atoms with Gasteiger partial charge in [-0.1, -0.05) is 11.6 Å². The smallest absolute Gasteiger partial charge is 0.266 e. The number of hydrogen-bond donors (Lipinski definition) is 2. The Labute approximate surface area is 177 Å². The minimum Gasteiger partial charge on any atom is -0.489 e. The van der Waals surface area contributed by atoms with Gasteiger partial charge >= 0.3 is 0 Å². The lowest BCUT2D eigenvalue weighted by molar-refractivity contribution is 0.102. The molecule has 4 aromatic rings. The molecule has 2 heterocycles. The fraction of sp³-hybridized carbons (Fsp3) is 0.0909. The van der Waals surface area contributed by atoms with E-state index >= 15 is 0 Å². The first-order chi connectivity index (χ1) is 14.0. The van der Waals surface area contributed by atoms with Crippen LogP contribution in [0.4, 0.5) is 11.4 Å². The van der Waals surface area contributed by atoms with Gasteiger partial charge in [-0.2, -0.15) is 0 Å². The number of carbonyl (C=O) groups is 1. The fourth-order valence-corrected chi connectivity index (χ4v) is 3.93. The summed E-state index contributed by atoms with van der Waals surface area (Å²) in [7, 11) is 0. The Bertz CT molecular complexity index is 1190. The van der Waals surface area contributed by atoms with Crippen molar-refractivity contribution in [2.45, 2.75) is 13.5 Å². The van der Waals surface area contributed by atoms with Crippen molar-refractivity contribution in [2.75, 3.05) is 11.1 Å². The molecule has 0 aliphatic rings. The van der Waals surface area contributed by atoms with Crippen LogP contribution in [0.1, 0.15) is 20.9 Å². The number of aryl methyl sites for hydroxylation is 1. The number of pyridine rings is 1. The van der Waals surface area contributed by atoms with Gasteiger partial charge in [0.15, 0.2) is 0 Å². The van der Waals surface area contributed by atoms with Crippen LogP contribution in [0.25, 0.3) is 10.9 Å². The van der Waals surface area contributed by atoms with Crippen LogP contribution >= 0.6 is 22.9 Å². The van der Waals surface area contributed by atoms with Crippen LogP contribution in [0.15, 0.2) is 60.0 Å². The molecule has 0 atom stereocenters. The summed E-state index contributed by atoms with van der Waals surface area (Å²) in [6.45, 7) is 2.19. The number of thiophene rings is 1. The Hall–Kier alpha value is -3.09. The molecule has 3 N–H and O–H groups in total. The Morgan fingerprint density at radius 1 is 1.17 bits per heavy atom. The molecule has 0 fully saturated rings. The van der Waals surface area contributed by atoms with Crippen molar-refractivity contribution in [3.05, 3.63) is 81.1 Å². The number of anilines is 2. The normalized spacial score (nSPS) is 10.8. The van der Waals surface area contributed by atoms with Crippen molar-refractivity contribution < 1.29 is 9.53 Å². The van der Waals surface area contributed by atoms with Gasteiger partial charge in [0, 0.05) is 33.0 Å². The van der Waals surface area contributed by atoms with Gasteiger partial charge in [-0.3, -0.25) is 9.78 Å². The second-order valence-electron chi connectivity index (χ2n) is 6.56. The van der Waals surface area contributed by atoms with E-state index in [0.717, 1.165) is 22.2 Å². The third-order valence-corrected chi connectivity index (χ3v) is 5.60. The number of amides is 1. The Balaban J connectivity index is 1.50. The number of nitrogens with one attached hydrogen (secondary N) is 1. The number of benzene rings is 2. The number of fused-ring (bicyclic) bond motifs is 1. The summed E-state index contributed by atoms with van der Waals surface area (Å²) in [5.74, 6) is 0.507. The minimum absolute atomic E-state index is 0.187. The van der Waals surface area contributed by atoms with Crippen LogP contribution < -0.4 is 15.8 Å². The fourth-order valence-electron chi connectivity index (χ4n) is 3.00. The van der Waals surface area contributed by atoms with Gasteiger partial charge in [0.1, 0.15) is 12.4 Å². The van der Waals surface area contributed by atoms with E-state index < -0.39 is 0 Å². The summed E-state index contributed by atoms with van der Waals surface area (Å²) >= 11 is 7.26. The Morgan fingerprint density at radius 2 is 1.97 bits per heavy atom. The lowest BCUT2D eigenvalue weighted by Gasteiger charge is -2.10. The maximum atomic E-state index is 12.8. The van der Waals surface area contributed by atoms with Crippen LogP contribution in [-0.2, 0) is 6.61 Å². The van der Waals surface area contributed by atoms with Crippen molar-refractivity contribution in [1.29, 1.82) is 0 Å². The van der Waals surface area contributed by atoms with Crippen molar-refractivity contribution in [3.8, 4) is 5.75 Å². The van der Waals surface area contributed by atoms with E-state index in [-0.39, 0.29) is 5.91 Å². The number of rotatable bonds is 5. The summed E-state index contributed by atoms with van der Waals surface area (Å²) in [5, 5.41) is 6.27. The zero-order chi connectivity index (χ0) is 20.4. The Kier molecular flexibility index (Phi) is 5.38. The molecule has 5 nitrogen and oxygen atoms in total. The maximum Gasteiger partial charge on any atom is 0.266 e. The number of aromatic nitrogens is 1. The molecule has 7 heteroatoms. The van der Waals surface area contributed by atoms with E-state index in [4.69, 9.17) is 22.1 Å². The summed E-state index contributed by atoms with van der Waals surface area (Å²) < 4.78 is 5.77. The van der Waals surface area contributed by atoms with Gasteiger partial charge in [-0.15, -0.1) is 11.3 Å². The molecular formula is C22H18ClN3O2S. The largest absolute Gasteiger partial charge is 0.489 e. The molecule has 0 bridgehead atoms. The molecule has 29 heavy (non-hydrogen) atoms. The predicted molar refractivity (Wildman–Crippen MR) is 119 cm³/mol. The lowest BCUT2D eigenvalue weighted by atomic mass is 10.1.